The van der Waals surface area contributed by atoms with Crippen LogP contribution in [0.5, 0.6) is 0 Å². The maximum Gasteiger partial charge on any atom is 0.319 e. The van der Waals surface area contributed by atoms with Gasteiger partial charge in [0.15, 0.2) is 0 Å². The first-order valence-corrected chi connectivity index (χ1v) is 11.2. The van der Waals surface area contributed by atoms with E-state index >= 15 is 0 Å². The number of fused-ring (bicyclic) bond motifs is 1. The van der Waals surface area contributed by atoms with E-state index in [2.05, 4.69) is 20.9 Å². The van der Waals surface area contributed by atoms with Crippen molar-refractivity contribution in [1.29, 1.82) is 0 Å². The van der Waals surface area contributed by atoms with Crippen LogP contribution in [0.2, 0.25) is 0 Å². The van der Waals surface area contributed by atoms with Gasteiger partial charge in [0.05, 0.1) is 11.2 Å². The van der Waals surface area contributed by atoms with Gasteiger partial charge in [-0.25, -0.2) is 14.2 Å². The molecule has 1 aliphatic rings. The fourth-order valence-corrected chi connectivity index (χ4v) is 4.43. The second-order valence-electron chi connectivity index (χ2n) is 8.62. The van der Waals surface area contributed by atoms with Gasteiger partial charge in [-0.15, -0.1) is 0 Å². The molecule has 0 spiro atoms. The fraction of sp³-hybridized carbons (Fsp3) is 0.400. The zero-order chi connectivity index (χ0) is 22.7. The monoisotopic (exact) mass is 441 g/mol. The third kappa shape index (κ3) is 4.82. The van der Waals surface area contributed by atoms with Crippen molar-refractivity contribution in [2.24, 2.45) is 5.92 Å². The van der Waals surface area contributed by atoms with Crippen LogP contribution in [0.15, 0.2) is 30.5 Å². The Morgan fingerprint density at radius 1 is 1.12 bits per heavy atom. The molecule has 0 aliphatic heterocycles. The molecule has 3 aromatic rings. The second kappa shape index (κ2) is 9.51. The van der Waals surface area contributed by atoms with E-state index in [4.69, 9.17) is 4.98 Å². The van der Waals surface area contributed by atoms with Crippen LogP contribution in [0.3, 0.4) is 0 Å². The lowest BCUT2D eigenvalue weighted by Gasteiger charge is -2.22. The molecule has 2 amide bonds. The van der Waals surface area contributed by atoms with Crippen molar-refractivity contribution in [1.82, 2.24) is 15.3 Å². The summed E-state index contributed by atoms with van der Waals surface area (Å²) in [5.74, 6) is 0.808. The number of urea groups is 1. The fourth-order valence-electron chi connectivity index (χ4n) is 4.43. The predicted octanol–water partition coefficient (Wildman–Crippen LogP) is 6.53. The van der Waals surface area contributed by atoms with Gasteiger partial charge in [0.25, 0.3) is 0 Å². The van der Waals surface area contributed by atoms with Crippen LogP contribution in [0, 0.1) is 25.6 Å². The molecule has 1 saturated carbocycles. The van der Waals surface area contributed by atoms with Crippen LogP contribution in [0.1, 0.15) is 47.6 Å². The van der Waals surface area contributed by atoms with E-state index in [1.54, 1.807) is 12.3 Å². The summed E-state index contributed by atoms with van der Waals surface area (Å²) in [6, 6.07) is 6.68. The predicted molar refractivity (Wildman–Crippen MR) is 134 cm³/mol. The Kier molecular flexibility index (Phi) is 6.53. The molecule has 4 rings (SSSR count). The highest BCUT2D eigenvalue weighted by Gasteiger charge is 2.17. The molecule has 0 atom stereocenters. The average Bonchev–Trinajstić information content (AvgIpc) is 2.79. The first-order valence-electron chi connectivity index (χ1n) is 11.2. The highest BCUT2D eigenvalue weighted by Crippen LogP contribution is 2.32. The number of benzene rings is 1. The highest BCUT2D eigenvalue weighted by atomic mass is 19.1. The molecular weight excluding hydrogens is 405 g/mol. The van der Waals surface area contributed by atoms with Crippen LogP contribution >= 0.6 is 0 Å². The standard InChI is InChI=1S/C25H30FN5O.3H2/c1-15-9-21(26)23(31-25(32)29-13-17-7-5-4-6-8-17)11-19(15)20-10-18-14-28-24(27-3)12-22(18)30-16(20)2;;;/h9-12,14,17H,4-8,13H2,1-3H3,(H,27,28)(H2,29,31,32);3*1H. The zero-order valence-electron chi connectivity index (χ0n) is 18.9. The van der Waals surface area contributed by atoms with Gasteiger partial charge in [-0.3, -0.25) is 4.98 Å². The Hall–Kier alpha value is -3.22. The topological polar surface area (TPSA) is 78.9 Å². The number of hydrogen-bond donors (Lipinski definition) is 3. The average molecular weight is 442 g/mol. The Bertz CT molecular complexity index is 1160. The van der Waals surface area contributed by atoms with E-state index in [9.17, 15) is 9.18 Å². The number of anilines is 2. The molecule has 6 nitrogen and oxygen atoms in total. The Balaban J connectivity index is 0.00000204. The lowest BCUT2D eigenvalue weighted by Crippen LogP contribution is -2.34. The number of amides is 2. The van der Waals surface area contributed by atoms with Gasteiger partial charge in [-0.1, -0.05) is 19.3 Å². The molecule has 0 radical (unpaired) electrons. The molecule has 0 saturated heterocycles. The number of rotatable bonds is 5. The van der Waals surface area contributed by atoms with Crippen LogP contribution in [-0.2, 0) is 0 Å². The number of nitrogens with one attached hydrogen (secondary N) is 3. The van der Waals surface area contributed by atoms with E-state index in [0.717, 1.165) is 51.9 Å². The smallest absolute Gasteiger partial charge is 0.319 e. The Morgan fingerprint density at radius 2 is 1.91 bits per heavy atom. The van der Waals surface area contributed by atoms with Crippen LogP contribution in [0.4, 0.5) is 20.7 Å². The molecule has 174 valence electrons. The third-order valence-corrected chi connectivity index (χ3v) is 6.27. The zero-order valence-corrected chi connectivity index (χ0v) is 18.9. The Morgan fingerprint density at radius 3 is 2.66 bits per heavy atom. The van der Waals surface area contributed by atoms with Crippen molar-refractivity contribution in [3.05, 3.63) is 47.5 Å². The Labute approximate surface area is 192 Å². The van der Waals surface area contributed by atoms with Crippen molar-refractivity contribution >= 4 is 28.4 Å². The van der Waals surface area contributed by atoms with Gasteiger partial charge in [0.2, 0.25) is 0 Å². The second-order valence-corrected chi connectivity index (χ2v) is 8.62. The minimum Gasteiger partial charge on any atom is -0.373 e. The summed E-state index contributed by atoms with van der Waals surface area (Å²) in [5.41, 5.74) is 4.33. The van der Waals surface area contributed by atoms with Crippen molar-refractivity contribution < 1.29 is 13.5 Å². The summed E-state index contributed by atoms with van der Waals surface area (Å²) >= 11 is 0. The number of carbonyl (C=O) groups is 1. The van der Waals surface area contributed by atoms with Gasteiger partial charge < -0.3 is 16.0 Å². The summed E-state index contributed by atoms with van der Waals surface area (Å²) in [7, 11) is 1.82. The number of pyridine rings is 2. The molecule has 1 aliphatic carbocycles. The van der Waals surface area contributed by atoms with Crippen molar-refractivity contribution in [3.63, 3.8) is 0 Å². The minimum atomic E-state index is -0.453. The number of halogens is 1. The third-order valence-electron chi connectivity index (χ3n) is 6.27. The summed E-state index contributed by atoms with van der Waals surface area (Å²) in [6.45, 7) is 4.42. The van der Waals surface area contributed by atoms with Crippen molar-refractivity contribution in [2.45, 2.75) is 46.0 Å². The maximum absolute atomic E-state index is 14.7. The summed E-state index contributed by atoms with van der Waals surface area (Å²) in [5, 5.41) is 9.51. The molecule has 1 fully saturated rings. The van der Waals surface area contributed by atoms with Crippen molar-refractivity contribution in [2.75, 3.05) is 24.2 Å². The number of nitrogens with zero attached hydrogens (tertiary/aromatic N) is 2. The van der Waals surface area contributed by atoms with E-state index in [0.29, 0.717) is 12.5 Å². The number of carbonyl (C=O) groups excluding carboxylic acids is 1. The molecular formula is C25H36FN5O. The molecule has 2 aromatic heterocycles. The SMILES string of the molecule is CNc1cc2nc(C)c(-c3cc(NC(=O)NCC4CCCCC4)c(F)cc3C)cc2cn1.[HH].[HH].[HH]. The van der Waals surface area contributed by atoms with Crippen molar-refractivity contribution in [3.8, 4) is 11.1 Å². The highest BCUT2D eigenvalue weighted by molar-refractivity contribution is 5.92. The first kappa shape index (κ1) is 22.0. The molecule has 3 N–H and O–H groups in total. The molecule has 7 heteroatoms. The lowest BCUT2D eigenvalue weighted by atomic mass is 9.89. The normalized spacial score (nSPS) is 14.4. The van der Waals surface area contributed by atoms with Gasteiger partial charge >= 0.3 is 6.03 Å². The van der Waals surface area contributed by atoms with Crippen LogP contribution in [-0.4, -0.2) is 29.6 Å². The molecule has 0 bridgehead atoms. The molecule has 32 heavy (non-hydrogen) atoms. The van der Waals surface area contributed by atoms with Crippen LogP contribution in [0.25, 0.3) is 22.0 Å². The van der Waals surface area contributed by atoms with Gasteiger partial charge in [-0.05, 0) is 61.9 Å². The first-order chi connectivity index (χ1) is 15.4. The van der Waals surface area contributed by atoms with E-state index < -0.39 is 5.82 Å². The van der Waals surface area contributed by atoms with E-state index in [1.807, 2.05) is 33.0 Å². The van der Waals surface area contributed by atoms with E-state index in [-0.39, 0.29) is 16.0 Å². The van der Waals surface area contributed by atoms with Gasteiger partial charge in [0.1, 0.15) is 11.6 Å². The lowest BCUT2D eigenvalue weighted by molar-refractivity contribution is 0.247. The molecule has 2 heterocycles. The summed E-state index contributed by atoms with van der Waals surface area (Å²) in [4.78, 5) is 21.5. The quantitative estimate of drug-likeness (QED) is 0.420. The van der Waals surface area contributed by atoms with E-state index in [1.165, 1.54) is 25.3 Å². The largest absolute Gasteiger partial charge is 0.373 e. The number of aryl methyl sites for hydroxylation is 2. The summed E-state index contributed by atoms with van der Waals surface area (Å²) in [6.07, 6.45) is 7.76. The van der Waals surface area contributed by atoms with Gasteiger partial charge in [-0.2, -0.15) is 0 Å². The van der Waals surface area contributed by atoms with Crippen LogP contribution < -0.4 is 16.0 Å². The van der Waals surface area contributed by atoms with Gasteiger partial charge in [0, 0.05) is 46.8 Å². The minimum absolute atomic E-state index is 0. The number of hydrogen-bond acceptors (Lipinski definition) is 4. The number of aromatic nitrogens is 2. The molecule has 1 aromatic carbocycles. The summed E-state index contributed by atoms with van der Waals surface area (Å²) < 4.78 is 14.7. The maximum atomic E-state index is 14.7. The molecule has 0 unspecified atom stereocenters.